The molecule has 0 radical (unpaired) electrons. The number of piperidine rings is 1. The molecule has 0 saturated carbocycles. The van der Waals surface area contributed by atoms with Crippen molar-refractivity contribution in [2.75, 3.05) is 13.1 Å². The fraction of sp³-hybridized carbons (Fsp3) is 0.467. The Kier molecular flexibility index (Phi) is 4.06. The molecule has 1 saturated heterocycles. The van der Waals surface area contributed by atoms with E-state index in [9.17, 15) is 4.39 Å². The van der Waals surface area contributed by atoms with Crippen LogP contribution in [0.15, 0.2) is 28.8 Å². The van der Waals surface area contributed by atoms with Crippen molar-refractivity contribution in [1.29, 1.82) is 0 Å². The van der Waals surface area contributed by atoms with Crippen LogP contribution < -0.4 is 5.32 Å². The van der Waals surface area contributed by atoms with Gasteiger partial charge in [-0.25, -0.2) is 4.39 Å². The van der Waals surface area contributed by atoms with Crippen LogP contribution in [-0.4, -0.2) is 23.2 Å². The van der Waals surface area contributed by atoms with Gasteiger partial charge >= 0.3 is 0 Å². The number of nitrogens with zero attached hydrogens (tertiary/aromatic N) is 2. The molecule has 2 aromatic rings. The minimum atomic E-state index is -0.321. The molecule has 4 nitrogen and oxygen atoms in total. The highest BCUT2D eigenvalue weighted by Gasteiger charge is 2.16. The molecule has 0 bridgehead atoms. The van der Waals surface area contributed by atoms with Crippen LogP contribution in [0.25, 0.3) is 11.4 Å². The van der Waals surface area contributed by atoms with Crippen molar-refractivity contribution < 1.29 is 8.91 Å². The van der Waals surface area contributed by atoms with E-state index in [0.29, 0.717) is 17.3 Å². The SMILES string of the molecule is Fc1ccccc1-c1noc(CCC2CCNCC2)n1. The van der Waals surface area contributed by atoms with Crippen LogP contribution in [0.5, 0.6) is 0 Å². The summed E-state index contributed by atoms with van der Waals surface area (Å²) in [7, 11) is 0. The van der Waals surface area contributed by atoms with Crippen LogP contribution in [0.1, 0.15) is 25.2 Å². The Balaban J connectivity index is 1.63. The number of nitrogens with one attached hydrogen (secondary N) is 1. The lowest BCUT2D eigenvalue weighted by atomic mass is 9.93. The number of hydrogen-bond donors (Lipinski definition) is 1. The first-order valence-electron chi connectivity index (χ1n) is 7.11. The van der Waals surface area contributed by atoms with Gasteiger partial charge in [0.1, 0.15) is 5.82 Å². The van der Waals surface area contributed by atoms with Gasteiger partial charge in [0.15, 0.2) is 0 Å². The molecule has 0 atom stereocenters. The largest absolute Gasteiger partial charge is 0.339 e. The van der Waals surface area contributed by atoms with Crippen LogP contribution in [-0.2, 0) is 6.42 Å². The predicted octanol–water partition coefficient (Wildman–Crippen LogP) is 2.81. The Hall–Kier alpha value is -1.75. The van der Waals surface area contributed by atoms with Gasteiger partial charge in [-0.1, -0.05) is 17.3 Å². The highest BCUT2D eigenvalue weighted by atomic mass is 19.1. The molecule has 0 unspecified atom stereocenters. The van der Waals surface area contributed by atoms with Gasteiger partial charge in [0.2, 0.25) is 11.7 Å². The maximum atomic E-state index is 13.6. The van der Waals surface area contributed by atoms with E-state index in [4.69, 9.17) is 4.52 Å². The zero-order chi connectivity index (χ0) is 13.8. The van der Waals surface area contributed by atoms with Gasteiger partial charge in [-0.2, -0.15) is 4.98 Å². The topological polar surface area (TPSA) is 51.0 Å². The van der Waals surface area contributed by atoms with Crippen molar-refractivity contribution in [1.82, 2.24) is 15.5 Å². The first kappa shape index (κ1) is 13.2. The van der Waals surface area contributed by atoms with E-state index in [1.54, 1.807) is 18.2 Å². The van der Waals surface area contributed by atoms with Crippen LogP contribution in [0, 0.1) is 11.7 Å². The lowest BCUT2D eigenvalue weighted by Crippen LogP contribution is -2.27. The van der Waals surface area contributed by atoms with Crippen molar-refractivity contribution >= 4 is 0 Å². The maximum absolute atomic E-state index is 13.6. The summed E-state index contributed by atoms with van der Waals surface area (Å²) >= 11 is 0. The van der Waals surface area contributed by atoms with Gasteiger partial charge in [0.05, 0.1) is 5.56 Å². The van der Waals surface area contributed by atoms with E-state index in [1.807, 2.05) is 0 Å². The smallest absolute Gasteiger partial charge is 0.226 e. The molecule has 1 aromatic heterocycles. The van der Waals surface area contributed by atoms with Crippen LogP contribution >= 0.6 is 0 Å². The zero-order valence-electron chi connectivity index (χ0n) is 11.3. The third-order valence-corrected chi connectivity index (χ3v) is 3.81. The summed E-state index contributed by atoms with van der Waals surface area (Å²) in [6, 6.07) is 6.48. The molecule has 1 aliphatic heterocycles. The molecule has 1 fully saturated rings. The Morgan fingerprint density at radius 1 is 1.25 bits per heavy atom. The Labute approximate surface area is 117 Å². The van der Waals surface area contributed by atoms with Crippen molar-refractivity contribution in [3.63, 3.8) is 0 Å². The summed E-state index contributed by atoms with van der Waals surface area (Å²) in [4.78, 5) is 4.29. The molecule has 1 aromatic carbocycles. The summed E-state index contributed by atoms with van der Waals surface area (Å²) in [6.45, 7) is 2.18. The molecule has 106 valence electrons. The third-order valence-electron chi connectivity index (χ3n) is 3.81. The maximum Gasteiger partial charge on any atom is 0.226 e. The van der Waals surface area contributed by atoms with E-state index >= 15 is 0 Å². The molecule has 0 spiro atoms. The highest BCUT2D eigenvalue weighted by Crippen LogP contribution is 2.21. The average Bonchev–Trinajstić information content (AvgIpc) is 2.95. The fourth-order valence-corrected chi connectivity index (χ4v) is 2.61. The first-order valence-corrected chi connectivity index (χ1v) is 7.11. The molecule has 1 N–H and O–H groups in total. The fourth-order valence-electron chi connectivity index (χ4n) is 2.61. The summed E-state index contributed by atoms with van der Waals surface area (Å²) in [5, 5.41) is 7.22. The molecule has 1 aliphatic rings. The Morgan fingerprint density at radius 2 is 2.05 bits per heavy atom. The average molecular weight is 275 g/mol. The lowest BCUT2D eigenvalue weighted by molar-refractivity contribution is 0.324. The molecule has 5 heteroatoms. The number of benzene rings is 1. The standard InChI is InChI=1S/C15H18FN3O/c16-13-4-2-1-3-12(13)15-18-14(20-19-15)6-5-11-7-9-17-10-8-11/h1-4,11,17H,5-10H2. The van der Waals surface area contributed by atoms with Gasteiger partial charge in [0, 0.05) is 6.42 Å². The number of aryl methyl sites for hydroxylation is 1. The molecule has 0 aliphatic carbocycles. The van der Waals surface area contributed by atoms with Gasteiger partial charge in [-0.15, -0.1) is 0 Å². The Bertz CT molecular complexity index is 564. The van der Waals surface area contributed by atoms with Crippen molar-refractivity contribution in [2.24, 2.45) is 5.92 Å². The van der Waals surface area contributed by atoms with Gasteiger partial charge in [-0.3, -0.25) is 0 Å². The normalized spacial score (nSPS) is 16.4. The number of aromatic nitrogens is 2. The third kappa shape index (κ3) is 3.04. The van der Waals surface area contributed by atoms with Gasteiger partial charge < -0.3 is 9.84 Å². The zero-order valence-corrected chi connectivity index (χ0v) is 11.3. The second-order valence-electron chi connectivity index (χ2n) is 5.22. The van der Waals surface area contributed by atoms with E-state index in [2.05, 4.69) is 15.5 Å². The van der Waals surface area contributed by atoms with Crippen molar-refractivity contribution in [3.05, 3.63) is 36.0 Å². The summed E-state index contributed by atoms with van der Waals surface area (Å²) < 4.78 is 18.9. The molecular weight excluding hydrogens is 257 g/mol. The summed E-state index contributed by atoms with van der Waals surface area (Å²) in [5.41, 5.74) is 0.393. The minimum Gasteiger partial charge on any atom is -0.339 e. The number of hydrogen-bond acceptors (Lipinski definition) is 4. The van der Waals surface area contributed by atoms with Crippen molar-refractivity contribution in [3.8, 4) is 11.4 Å². The van der Waals surface area contributed by atoms with E-state index in [0.717, 1.165) is 31.8 Å². The molecule has 0 amide bonds. The quantitative estimate of drug-likeness (QED) is 0.932. The summed E-state index contributed by atoms with van der Waals surface area (Å²) in [5.74, 6) is 1.34. The first-order chi connectivity index (χ1) is 9.83. The predicted molar refractivity (Wildman–Crippen MR) is 73.6 cm³/mol. The second-order valence-corrected chi connectivity index (χ2v) is 5.22. The lowest BCUT2D eigenvalue weighted by Gasteiger charge is -2.21. The van der Waals surface area contributed by atoms with Crippen LogP contribution in [0.3, 0.4) is 0 Å². The molecule has 20 heavy (non-hydrogen) atoms. The van der Waals surface area contributed by atoms with Gasteiger partial charge in [-0.05, 0) is 50.4 Å². The highest BCUT2D eigenvalue weighted by molar-refractivity contribution is 5.54. The molecule has 2 heterocycles. The Morgan fingerprint density at radius 3 is 2.85 bits per heavy atom. The molecule has 3 rings (SSSR count). The summed E-state index contributed by atoms with van der Waals surface area (Å²) in [6.07, 6.45) is 4.23. The van der Waals surface area contributed by atoms with E-state index in [-0.39, 0.29) is 5.82 Å². The van der Waals surface area contributed by atoms with E-state index < -0.39 is 0 Å². The monoisotopic (exact) mass is 275 g/mol. The number of rotatable bonds is 4. The van der Waals surface area contributed by atoms with Crippen LogP contribution in [0.2, 0.25) is 0 Å². The van der Waals surface area contributed by atoms with E-state index in [1.165, 1.54) is 18.9 Å². The van der Waals surface area contributed by atoms with Crippen molar-refractivity contribution in [2.45, 2.75) is 25.7 Å². The second kappa shape index (κ2) is 6.13. The minimum absolute atomic E-state index is 0.321. The van der Waals surface area contributed by atoms with Gasteiger partial charge in [0.25, 0.3) is 0 Å². The number of halogens is 1. The van der Waals surface area contributed by atoms with Crippen LogP contribution in [0.4, 0.5) is 4.39 Å². The molecular formula is C15H18FN3O.